The average Bonchev–Trinajstić information content (AvgIpc) is 2.84. The average molecular weight is 524 g/mol. The van der Waals surface area contributed by atoms with Crippen molar-refractivity contribution >= 4 is 34.6 Å². The largest absolute Gasteiger partial charge is 0.463 e. The van der Waals surface area contributed by atoms with E-state index in [1.165, 1.54) is 13.0 Å². The number of carbonyl (C=O) groups is 4. The van der Waals surface area contributed by atoms with Crippen molar-refractivity contribution in [1.29, 1.82) is 10.5 Å². The zero-order chi connectivity index (χ0) is 28.0. The summed E-state index contributed by atoms with van der Waals surface area (Å²) < 4.78 is 33.1. The molecule has 5 atom stereocenters. The van der Waals surface area contributed by atoms with Gasteiger partial charge in [-0.1, -0.05) is 6.07 Å². The molecule has 2 aromatic carbocycles. The van der Waals surface area contributed by atoms with Gasteiger partial charge >= 0.3 is 23.9 Å². The number of hydrogen-bond donors (Lipinski definition) is 0. The molecule has 0 aromatic heterocycles. The third-order valence-electron chi connectivity index (χ3n) is 5.39. The van der Waals surface area contributed by atoms with Gasteiger partial charge in [-0.15, -0.1) is 0 Å². The van der Waals surface area contributed by atoms with Crippen molar-refractivity contribution in [2.75, 3.05) is 6.61 Å². The zero-order valence-electron chi connectivity index (χ0n) is 21.0. The summed E-state index contributed by atoms with van der Waals surface area (Å²) in [7, 11) is 0. The molecule has 1 saturated heterocycles. The maximum Gasteiger partial charge on any atom is 0.303 e. The van der Waals surface area contributed by atoms with Crippen molar-refractivity contribution < 1.29 is 47.6 Å². The second-order valence-corrected chi connectivity index (χ2v) is 8.32. The van der Waals surface area contributed by atoms with Crippen molar-refractivity contribution in [3.63, 3.8) is 0 Å². The van der Waals surface area contributed by atoms with E-state index >= 15 is 0 Å². The summed E-state index contributed by atoms with van der Waals surface area (Å²) in [6, 6.07) is 11.8. The first-order valence-corrected chi connectivity index (χ1v) is 11.4. The Morgan fingerprint density at radius 2 is 1.32 bits per heavy atom. The lowest BCUT2D eigenvalue weighted by Crippen LogP contribution is -2.63. The van der Waals surface area contributed by atoms with Gasteiger partial charge in [0.15, 0.2) is 12.2 Å². The van der Waals surface area contributed by atoms with Crippen molar-refractivity contribution in [3.8, 4) is 17.9 Å². The van der Waals surface area contributed by atoms with Crippen LogP contribution in [0.2, 0.25) is 0 Å². The van der Waals surface area contributed by atoms with E-state index in [9.17, 15) is 29.7 Å². The fourth-order valence-corrected chi connectivity index (χ4v) is 3.95. The molecule has 1 aliphatic rings. The summed E-state index contributed by atoms with van der Waals surface area (Å²) in [6.45, 7) is 4.15. The van der Waals surface area contributed by atoms with Crippen molar-refractivity contribution in [1.82, 2.24) is 0 Å². The van der Waals surface area contributed by atoms with Crippen LogP contribution in [0.15, 0.2) is 30.3 Å². The van der Waals surface area contributed by atoms with E-state index < -0.39 is 61.2 Å². The van der Waals surface area contributed by atoms with Crippen LogP contribution in [0, 0.1) is 22.7 Å². The topological polar surface area (TPSA) is 171 Å². The Balaban J connectivity index is 2.03. The Hall–Kier alpha value is -4.68. The van der Waals surface area contributed by atoms with Crippen molar-refractivity contribution in [3.05, 3.63) is 41.5 Å². The summed E-state index contributed by atoms with van der Waals surface area (Å²) in [5, 5.41) is 19.9. The highest BCUT2D eigenvalue weighted by Crippen LogP contribution is 2.32. The van der Waals surface area contributed by atoms with Crippen LogP contribution in [0.1, 0.15) is 38.8 Å². The van der Waals surface area contributed by atoms with E-state index in [1.807, 2.05) is 12.1 Å². The molecule has 0 spiro atoms. The van der Waals surface area contributed by atoms with Crippen LogP contribution in [0.4, 0.5) is 0 Å². The molecular formula is C26H24N2O10. The number of esters is 4. The molecule has 0 amide bonds. The number of nitriles is 2. The number of ether oxygens (including phenoxy) is 6. The van der Waals surface area contributed by atoms with Crippen LogP contribution in [0.25, 0.3) is 10.8 Å². The normalized spacial score (nSPS) is 22.3. The second-order valence-electron chi connectivity index (χ2n) is 8.32. The first-order chi connectivity index (χ1) is 18.0. The highest BCUT2D eigenvalue weighted by molar-refractivity contribution is 5.87. The molecule has 198 valence electrons. The van der Waals surface area contributed by atoms with Gasteiger partial charge in [0.05, 0.1) is 11.1 Å². The summed E-state index contributed by atoms with van der Waals surface area (Å²) >= 11 is 0. The summed E-state index contributed by atoms with van der Waals surface area (Å²) in [5.74, 6) is -2.70. The van der Waals surface area contributed by atoms with Gasteiger partial charge in [-0.25, -0.2) is 0 Å². The molecule has 12 nitrogen and oxygen atoms in total. The molecule has 12 heteroatoms. The lowest BCUT2D eigenvalue weighted by molar-refractivity contribution is -0.288. The minimum atomic E-state index is -1.40. The molecule has 38 heavy (non-hydrogen) atoms. The molecule has 1 fully saturated rings. The number of fused-ring (bicyclic) bond motifs is 1. The smallest absolute Gasteiger partial charge is 0.303 e. The Labute approximate surface area is 217 Å². The molecule has 0 saturated carbocycles. The molecule has 1 heterocycles. The molecule has 0 aliphatic carbocycles. The van der Waals surface area contributed by atoms with E-state index in [0.717, 1.165) is 20.8 Å². The maximum absolute atomic E-state index is 12.0. The van der Waals surface area contributed by atoms with E-state index in [4.69, 9.17) is 28.4 Å². The van der Waals surface area contributed by atoms with Gasteiger partial charge in [-0.3, -0.25) is 19.2 Å². The van der Waals surface area contributed by atoms with Crippen LogP contribution < -0.4 is 4.74 Å². The SMILES string of the molecule is CC(=O)OC[C@H]1O[C@@H](Oc2ccc3cc(C#N)c(C#N)cc3c2)[C@H](OC(C)=O)[C@@H](OC(C)=O)[C@@H]1OC(C)=O. The molecule has 1 aliphatic heterocycles. The Bertz CT molecular complexity index is 1340. The van der Waals surface area contributed by atoms with Crippen LogP contribution in [-0.4, -0.2) is 61.2 Å². The number of carbonyl (C=O) groups excluding carboxylic acids is 4. The van der Waals surface area contributed by atoms with Crippen LogP contribution in [-0.2, 0) is 42.9 Å². The third kappa shape index (κ3) is 6.75. The van der Waals surface area contributed by atoms with E-state index in [0.29, 0.717) is 10.8 Å². The molecule has 0 bridgehead atoms. The number of benzene rings is 2. The van der Waals surface area contributed by atoms with E-state index in [1.54, 1.807) is 24.3 Å². The lowest BCUT2D eigenvalue weighted by atomic mass is 9.98. The molecule has 3 rings (SSSR count). The van der Waals surface area contributed by atoms with Gasteiger partial charge in [0.25, 0.3) is 0 Å². The molecule has 2 aromatic rings. The fourth-order valence-electron chi connectivity index (χ4n) is 3.95. The monoisotopic (exact) mass is 524 g/mol. The van der Waals surface area contributed by atoms with Gasteiger partial charge < -0.3 is 28.4 Å². The van der Waals surface area contributed by atoms with Crippen molar-refractivity contribution in [2.24, 2.45) is 0 Å². The Morgan fingerprint density at radius 1 is 0.763 bits per heavy atom. The highest BCUT2D eigenvalue weighted by Gasteiger charge is 2.53. The number of hydrogen-bond acceptors (Lipinski definition) is 12. The summed E-state index contributed by atoms with van der Waals surface area (Å²) in [4.78, 5) is 47.2. The first kappa shape index (κ1) is 27.9. The molecule has 0 N–H and O–H groups in total. The van der Waals surface area contributed by atoms with E-state index in [-0.39, 0.29) is 16.9 Å². The predicted octanol–water partition coefficient (Wildman–Crippen LogP) is 2.05. The van der Waals surface area contributed by atoms with Crippen LogP contribution >= 0.6 is 0 Å². The molecular weight excluding hydrogens is 500 g/mol. The van der Waals surface area contributed by atoms with Gasteiger partial charge in [-0.2, -0.15) is 10.5 Å². The standard InChI is InChI=1S/C26H24N2O10/c1-13(29)33-12-22-23(34-14(2)30)24(35-15(3)31)25(36-16(4)32)26(38-22)37-21-6-5-17-7-19(10-27)20(11-28)8-18(17)9-21/h5-9,22-26H,12H2,1-4H3/t22-,23-,24+,25-,26-/m1/s1. The highest BCUT2D eigenvalue weighted by atomic mass is 16.7. The lowest BCUT2D eigenvalue weighted by Gasteiger charge is -2.43. The van der Waals surface area contributed by atoms with Gasteiger partial charge in [-0.05, 0) is 35.0 Å². The second kappa shape index (κ2) is 12.0. The van der Waals surface area contributed by atoms with Crippen molar-refractivity contribution in [2.45, 2.75) is 58.4 Å². The summed E-state index contributed by atoms with van der Waals surface area (Å²) in [6.07, 6.45) is -6.63. The van der Waals surface area contributed by atoms with Crippen LogP contribution in [0.3, 0.4) is 0 Å². The number of rotatable bonds is 7. The number of nitrogens with zero attached hydrogens (tertiary/aromatic N) is 2. The first-order valence-electron chi connectivity index (χ1n) is 11.4. The minimum absolute atomic E-state index is 0.171. The van der Waals surface area contributed by atoms with E-state index in [2.05, 4.69) is 0 Å². The third-order valence-corrected chi connectivity index (χ3v) is 5.39. The minimum Gasteiger partial charge on any atom is -0.463 e. The molecule has 0 unspecified atom stereocenters. The zero-order valence-corrected chi connectivity index (χ0v) is 21.0. The Kier molecular flexibility index (Phi) is 8.84. The van der Waals surface area contributed by atoms with Crippen LogP contribution in [0.5, 0.6) is 5.75 Å². The quantitative estimate of drug-likeness (QED) is 0.382. The summed E-state index contributed by atoms with van der Waals surface area (Å²) in [5.41, 5.74) is 0.387. The maximum atomic E-state index is 12.0. The van der Waals surface area contributed by atoms with Gasteiger partial charge in [0, 0.05) is 27.7 Å². The predicted molar refractivity (Wildman–Crippen MR) is 126 cm³/mol. The van der Waals surface area contributed by atoms with Gasteiger partial charge in [0.2, 0.25) is 12.4 Å². The molecule has 0 radical (unpaired) electrons. The van der Waals surface area contributed by atoms with Gasteiger partial charge in [0.1, 0.15) is 30.6 Å². The Morgan fingerprint density at radius 3 is 1.87 bits per heavy atom. The fraction of sp³-hybridized carbons (Fsp3) is 0.385.